The molecule has 2 nitrogen and oxygen atoms in total. The van der Waals surface area contributed by atoms with Gasteiger partial charge in [-0.05, 0) is 23.6 Å². The van der Waals surface area contributed by atoms with Gasteiger partial charge in [-0.3, -0.25) is 0 Å². The lowest BCUT2D eigenvalue weighted by atomic mass is 10.1. The van der Waals surface area contributed by atoms with Crippen molar-refractivity contribution in [2.75, 3.05) is 0 Å². The van der Waals surface area contributed by atoms with Gasteiger partial charge in [0, 0.05) is 4.70 Å². The Morgan fingerprint density at radius 1 is 1.43 bits per heavy atom. The van der Waals surface area contributed by atoms with Crippen LogP contribution in [0, 0.1) is 5.82 Å². The third kappa shape index (κ3) is 1.49. The zero-order chi connectivity index (χ0) is 10.3. The molecule has 1 aromatic heterocycles. The van der Waals surface area contributed by atoms with Crippen molar-refractivity contribution in [1.82, 2.24) is 0 Å². The Morgan fingerprint density at radius 2 is 2.14 bits per heavy atom. The van der Waals surface area contributed by atoms with E-state index in [0.29, 0.717) is 5.39 Å². The summed E-state index contributed by atoms with van der Waals surface area (Å²) in [6.07, 6.45) is 0. The lowest BCUT2D eigenvalue weighted by Crippen LogP contribution is -1.99. The summed E-state index contributed by atoms with van der Waals surface area (Å²) in [6.45, 7) is 0. The van der Waals surface area contributed by atoms with Gasteiger partial charge < -0.3 is 5.11 Å². The molecule has 1 aromatic carbocycles. The first-order valence-electron chi connectivity index (χ1n) is 3.73. The molecule has 72 valence electrons. The van der Waals surface area contributed by atoms with Crippen LogP contribution >= 0.6 is 24.0 Å². The van der Waals surface area contributed by atoms with Crippen LogP contribution in [0.2, 0.25) is 0 Å². The first-order chi connectivity index (χ1) is 6.58. The molecule has 0 saturated heterocycles. The van der Waals surface area contributed by atoms with Gasteiger partial charge in [0.05, 0.1) is 9.77 Å². The Hall–Kier alpha value is -1.07. The van der Waals surface area contributed by atoms with Crippen molar-refractivity contribution in [3.8, 4) is 0 Å². The molecule has 2 aromatic rings. The zero-order valence-corrected chi connectivity index (χ0v) is 8.53. The number of thiophene rings is 1. The van der Waals surface area contributed by atoms with Crippen LogP contribution in [0.1, 0.15) is 10.4 Å². The topological polar surface area (TPSA) is 37.3 Å². The molecule has 0 aliphatic rings. The highest BCUT2D eigenvalue weighted by atomic mass is 32.2. The molecule has 0 radical (unpaired) electrons. The highest BCUT2D eigenvalue weighted by molar-refractivity contribution is 7.83. The average Bonchev–Trinajstić information content (AvgIpc) is 2.42. The molecule has 1 heterocycles. The number of hydrogen-bond acceptors (Lipinski definition) is 3. The van der Waals surface area contributed by atoms with Crippen LogP contribution in [0.3, 0.4) is 0 Å². The Kier molecular flexibility index (Phi) is 2.20. The highest BCUT2D eigenvalue weighted by Crippen LogP contribution is 2.30. The van der Waals surface area contributed by atoms with Crippen molar-refractivity contribution in [1.29, 1.82) is 0 Å². The minimum Gasteiger partial charge on any atom is -0.478 e. The van der Waals surface area contributed by atoms with E-state index in [-0.39, 0.29) is 5.56 Å². The molecule has 0 amide bonds. The second-order valence-electron chi connectivity index (χ2n) is 2.76. The first-order valence-corrected chi connectivity index (χ1v) is 4.99. The molecule has 0 atom stereocenters. The normalized spacial score (nSPS) is 10.7. The van der Waals surface area contributed by atoms with E-state index in [2.05, 4.69) is 12.6 Å². The van der Waals surface area contributed by atoms with E-state index < -0.39 is 11.8 Å². The summed E-state index contributed by atoms with van der Waals surface area (Å²) < 4.78 is 14.6. The van der Waals surface area contributed by atoms with Crippen LogP contribution in [-0.2, 0) is 0 Å². The van der Waals surface area contributed by atoms with E-state index in [4.69, 9.17) is 5.11 Å². The third-order valence-corrected chi connectivity index (χ3v) is 3.13. The maximum absolute atomic E-state index is 13.2. The molecular weight excluding hydrogens is 223 g/mol. The van der Waals surface area contributed by atoms with Gasteiger partial charge in [-0.15, -0.1) is 24.0 Å². The first kappa shape index (κ1) is 9.48. The van der Waals surface area contributed by atoms with Gasteiger partial charge in [0.2, 0.25) is 0 Å². The number of carboxylic acids is 1. The molecular formula is C9H5FO2S2. The van der Waals surface area contributed by atoms with E-state index in [9.17, 15) is 9.18 Å². The number of hydrogen-bond donors (Lipinski definition) is 2. The van der Waals surface area contributed by atoms with Crippen LogP contribution in [-0.4, -0.2) is 11.1 Å². The molecule has 0 spiro atoms. The SMILES string of the molecule is O=C(O)c1cc2sc(S)cc2cc1F. The maximum atomic E-state index is 13.2. The van der Waals surface area contributed by atoms with Crippen molar-refractivity contribution in [3.05, 3.63) is 29.6 Å². The monoisotopic (exact) mass is 228 g/mol. The highest BCUT2D eigenvalue weighted by Gasteiger charge is 2.12. The Balaban J connectivity index is 2.76. The summed E-state index contributed by atoms with van der Waals surface area (Å²) in [4.78, 5) is 10.6. The predicted molar refractivity (Wildman–Crippen MR) is 56.0 cm³/mol. The van der Waals surface area contributed by atoms with Crippen molar-refractivity contribution >= 4 is 40.0 Å². The smallest absolute Gasteiger partial charge is 0.338 e. The molecule has 14 heavy (non-hydrogen) atoms. The van der Waals surface area contributed by atoms with Crippen molar-refractivity contribution in [2.24, 2.45) is 0 Å². The van der Waals surface area contributed by atoms with Crippen LogP contribution in [0.25, 0.3) is 10.1 Å². The zero-order valence-electron chi connectivity index (χ0n) is 6.82. The Labute approximate surface area is 88.4 Å². The van der Waals surface area contributed by atoms with Gasteiger partial charge in [-0.25, -0.2) is 9.18 Å². The van der Waals surface area contributed by atoms with Crippen LogP contribution in [0.5, 0.6) is 0 Å². The summed E-state index contributed by atoms with van der Waals surface area (Å²) >= 11 is 5.44. The number of carboxylic acid groups (broad SMARTS) is 1. The van der Waals surface area contributed by atoms with Gasteiger partial charge in [0.25, 0.3) is 0 Å². The second kappa shape index (κ2) is 3.25. The molecule has 0 bridgehead atoms. The standard InChI is InChI=1S/C9H5FO2S2/c10-6-1-4-2-8(13)14-7(4)3-5(6)9(11)12/h1-3,13H,(H,11,12). The van der Waals surface area contributed by atoms with Crippen LogP contribution in [0.15, 0.2) is 22.4 Å². The van der Waals surface area contributed by atoms with E-state index in [0.717, 1.165) is 8.91 Å². The quantitative estimate of drug-likeness (QED) is 0.736. The minimum atomic E-state index is -1.25. The van der Waals surface area contributed by atoms with Gasteiger partial charge in [-0.2, -0.15) is 0 Å². The van der Waals surface area contributed by atoms with E-state index in [1.165, 1.54) is 23.5 Å². The molecule has 1 N–H and O–H groups in total. The fraction of sp³-hybridized carbons (Fsp3) is 0. The fourth-order valence-electron chi connectivity index (χ4n) is 1.21. The molecule has 0 aliphatic heterocycles. The predicted octanol–water partition coefficient (Wildman–Crippen LogP) is 3.03. The van der Waals surface area contributed by atoms with E-state index >= 15 is 0 Å². The van der Waals surface area contributed by atoms with Gasteiger partial charge in [0.1, 0.15) is 5.82 Å². The summed E-state index contributed by atoms with van der Waals surface area (Å²) in [5, 5.41) is 9.36. The summed E-state index contributed by atoms with van der Waals surface area (Å²) in [6, 6.07) is 4.25. The maximum Gasteiger partial charge on any atom is 0.338 e. The fourth-order valence-corrected chi connectivity index (χ4v) is 2.47. The second-order valence-corrected chi connectivity index (χ2v) is 4.63. The summed E-state index contributed by atoms with van der Waals surface area (Å²) in [5.74, 6) is -1.96. The third-order valence-electron chi connectivity index (χ3n) is 1.82. The molecule has 2 rings (SSSR count). The molecule has 5 heteroatoms. The van der Waals surface area contributed by atoms with E-state index in [1.807, 2.05) is 0 Å². The molecule has 0 saturated carbocycles. The molecule has 0 unspecified atom stereocenters. The number of benzene rings is 1. The van der Waals surface area contributed by atoms with Gasteiger partial charge in [-0.1, -0.05) is 0 Å². The molecule has 0 aliphatic carbocycles. The Bertz CT molecular complexity index is 519. The summed E-state index contributed by atoms with van der Waals surface area (Å²) in [7, 11) is 0. The Morgan fingerprint density at radius 3 is 2.79 bits per heavy atom. The van der Waals surface area contributed by atoms with Crippen LogP contribution < -0.4 is 0 Å². The number of thiol groups is 1. The van der Waals surface area contributed by atoms with Crippen molar-refractivity contribution in [3.63, 3.8) is 0 Å². The number of halogens is 1. The van der Waals surface area contributed by atoms with Crippen LogP contribution in [0.4, 0.5) is 4.39 Å². The minimum absolute atomic E-state index is 0.298. The van der Waals surface area contributed by atoms with Gasteiger partial charge in [0.15, 0.2) is 0 Å². The number of fused-ring (bicyclic) bond motifs is 1. The number of rotatable bonds is 1. The largest absolute Gasteiger partial charge is 0.478 e. The van der Waals surface area contributed by atoms with Gasteiger partial charge >= 0.3 is 5.97 Å². The summed E-state index contributed by atoms with van der Waals surface area (Å²) in [5.41, 5.74) is -0.298. The average molecular weight is 228 g/mol. The number of aromatic carboxylic acids is 1. The van der Waals surface area contributed by atoms with Crippen molar-refractivity contribution in [2.45, 2.75) is 4.21 Å². The van der Waals surface area contributed by atoms with Crippen molar-refractivity contribution < 1.29 is 14.3 Å². The van der Waals surface area contributed by atoms with E-state index in [1.54, 1.807) is 6.07 Å². The molecule has 0 fully saturated rings. The number of carbonyl (C=O) groups is 1. The lowest BCUT2D eigenvalue weighted by molar-refractivity contribution is 0.0692. The lowest BCUT2D eigenvalue weighted by Gasteiger charge is -1.96.